The van der Waals surface area contributed by atoms with E-state index in [2.05, 4.69) is 35.2 Å². The van der Waals surface area contributed by atoms with Crippen LogP contribution in [0.3, 0.4) is 0 Å². The van der Waals surface area contributed by atoms with Crippen LogP contribution in [0.1, 0.15) is 33.8 Å². The predicted molar refractivity (Wildman–Crippen MR) is 150 cm³/mol. The highest BCUT2D eigenvalue weighted by atomic mass is 32.2. The third-order valence-corrected chi connectivity index (χ3v) is 10.8. The number of amides is 2. The molecule has 0 aliphatic carbocycles. The molecule has 15 heteroatoms. The molecule has 2 N–H and O–H groups in total. The van der Waals surface area contributed by atoms with Gasteiger partial charge in [0.2, 0.25) is 0 Å². The van der Waals surface area contributed by atoms with Crippen LogP contribution < -0.4 is 10.6 Å². The molecule has 210 valence electrons. The topological polar surface area (TPSA) is 147 Å². The van der Waals surface area contributed by atoms with Crippen LogP contribution in [0.5, 0.6) is 0 Å². The molecule has 1 aliphatic heterocycles. The number of hydrogen-bond donors (Lipinski definition) is 2. The van der Waals surface area contributed by atoms with E-state index in [1.165, 1.54) is 11.4 Å². The molecule has 3 aromatic heterocycles. The van der Waals surface area contributed by atoms with E-state index in [9.17, 15) is 18.0 Å². The summed E-state index contributed by atoms with van der Waals surface area (Å²) in [6, 6.07) is 3.48. The van der Waals surface area contributed by atoms with Crippen molar-refractivity contribution in [3.63, 3.8) is 0 Å². The third kappa shape index (κ3) is 6.78. The zero-order valence-electron chi connectivity index (χ0n) is 22.3. The summed E-state index contributed by atoms with van der Waals surface area (Å²) in [5.41, 5.74) is 2.49. The summed E-state index contributed by atoms with van der Waals surface area (Å²) in [4.78, 5) is 40.3. The van der Waals surface area contributed by atoms with Crippen molar-refractivity contribution in [1.82, 2.24) is 29.5 Å². The normalized spacial score (nSPS) is 15.6. The van der Waals surface area contributed by atoms with E-state index >= 15 is 0 Å². The van der Waals surface area contributed by atoms with Gasteiger partial charge in [-0.15, -0.1) is 11.3 Å². The van der Waals surface area contributed by atoms with Gasteiger partial charge in [0.15, 0.2) is 9.34 Å². The highest BCUT2D eigenvalue weighted by molar-refractivity contribution is 7.91. The molecule has 3 aromatic rings. The second-order valence-electron chi connectivity index (χ2n) is 9.16. The van der Waals surface area contributed by atoms with E-state index in [-0.39, 0.29) is 21.3 Å². The van der Waals surface area contributed by atoms with Crippen LogP contribution in [0.4, 0.5) is 9.93 Å². The largest absolute Gasteiger partial charge is 0.453 e. The number of thiazole rings is 2. The molecule has 39 heavy (non-hydrogen) atoms. The number of aromatic nitrogens is 3. The number of methoxy groups -OCH3 is 1. The molecule has 1 fully saturated rings. The summed E-state index contributed by atoms with van der Waals surface area (Å²) >= 11 is 2.48. The Morgan fingerprint density at radius 1 is 1.10 bits per heavy atom. The molecule has 4 heterocycles. The average molecular weight is 594 g/mol. The number of anilines is 1. The smallest absolute Gasteiger partial charge is 0.413 e. The van der Waals surface area contributed by atoms with Gasteiger partial charge >= 0.3 is 6.09 Å². The molecule has 1 saturated heterocycles. The number of ether oxygens (including phenoxy) is 1. The van der Waals surface area contributed by atoms with Gasteiger partial charge in [-0.3, -0.25) is 20.0 Å². The average Bonchev–Trinajstić information content (AvgIpc) is 3.44. The second-order valence-corrected chi connectivity index (χ2v) is 13.5. The monoisotopic (exact) mass is 593 g/mol. The van der Waals surface area contributed by atoms with Crippen molar-refractivity contribution in [2.45, 2.75) is 37.9 Å². The fourth-order valence-corrected chi connectivity index (χ4v) is 8.18. The van der Waals surface area contributed by atoms with Crippen LogP contribution in [0, 0.1) is 20.8 Å². The second kappa shape index (κ2) is 12.0. The quantitative estimate of drug-likeness (QED) is 0.402. The lowest BCUT2D eigenvalue weighted by Gasteiger charge is -2.35. The predicted octanol–water partition coefficient (Wildman–Crippen LogP) is 2.89. The molecule has 0 radical (unpaired) electrons. The molecule has 1 atom stereocenters. The van der Waals surface area contributed by atoms with E-state index in [4.69, 9.17) is 0 Å². The summed E-state index contributed by atoms with van der Waals surface area (Å²) in [5.74, 6) is -0.263. The maximum atomic E-state index is 13.2. The molecular weight excluding hydrogens is 563 g/mol. The van der Waals surface area contributed by atoms with Gasteiger partial charge in [0, 0.05) is 45.0 Å². The molecular formula is C24H31N7O5S3. The van der Waals surface area contributed by atoms with Crippen LogP contribution in [0.15, 0.2) is 22.5 Å². The maximum Gasteiger partial charge on any atom is 0.413 e. The Labute approximate surface area is 235 Å². The lowest BCUT2D eigenvalue weighted by Crippen LogP contribution is -2.52. The molecule has 2 amide bonds. The van der Waals surface area contributed by atoms with Gasteiger partial charge in [0.05, 0.1) is 28.4 Å². The fourth-order valence-electron chi connectivity index (χ4n) is 4.31. The Morgan fingerprint density at radius 3 is 2.46 bits per heavy atom. The minimum atomic E-state index is -3.76. The van der Waals surface area contributed by atoms with Gasteiger partial charge in [0.1, 0.15) is 5.69 Å². The number of sulfonamides is 1. The Morgan fingerprint density at radius 2 is 1.82 bits per heavy atom. The summed E-state index contributed by atoms with van der Waals surface area (Å²) in [6.07, 6.45) is 0.915. The molecule has 1 aliphatic rings. The minimum Gasteiger partial charge on any atom is -0.453 e. The Balaban J connectivity index is 1.32. The number of piperazine rings is 1. The molecule has 0 aromatic carbocycles. The van der Waals surface area contributed by atoms with E-state index in [0.29, 0.717) is 44.1 Å². The van der Waals surface area contributed by atoms with Crippen molar-refractivity contribution < 1.29 is 22.7 Å². The molecule has 0 spiro atoms. The van der Waals surface area contributed by atoms with Gasteiger partial charge in [0.25, 0.3) is 15.9 Å². The van der Waals surface area contributed by atoms with Gasteiger partial charge < -0.3 is 10.1 Å². The van der Waals surface area contributed by atoms with Gasteiger partial charge in [-0.25, -0.2) is 23.2 Å². The standard InChI is InChI=1S/C24H31N7O5S3/c1-14(26-21(32)19-12-18(6-7-25-19)20-15(2)27-17(4)37-20)13-30-8-10-31(11-9-30)39(34,35)22-16(3)28-23(38-22)29-24(33)36-5/h6-7,12,14H,8-11,13H2,1-5H3,(H,26,32)(H,28,29,33). The first kappa shape index (κ1) is 29.0. The van der Waals surface area contributed by atoms with Crippen LogP contribution >= 0.6 is 22.7 Å². The number of aryl methyl sites for hydroxylation is 3. The number of carbonyl (C=O) groups excluding carboxylic acids is 2. The molecule has 12 nitrogen and oxygen atoms in total. The summed E-state index contributed by atoms with van der Waals surface area (Å²) in [7, 11) is -2.54. The van der Waals surface area contributed by atoms with Crippen LogP contribution in [-0.4, -0.2) is 90.5 Å². The molecule has 1 unspecified atom stereocenters. The van der Waals surface area contributed by atoms with Crippen molar-refractivity contribution in [3.8, 4) is 10.4 Å². The zero-order valence-corrected chi connectivity index (χ0v) is 24.8. The lowest BCUT2D eigenvalue weighted by molar-refractivity contribution is 0.0917. The van der Waals surface area contributed by atoms with Crippen molar-refractivity contribution in [2.75, 3.05) is 45.2 Å². The first-order valence-corrected chi connectivity index (χ1v) is 15.3. The molecule has 0 saturated carbocycles. The number of nitrogens with zero attached hydrogens (tertiary/aromatic N) is 5. The van der Waals surface area contributed by atoms with Crippen molar-refractivity contribution in [3.05, 3.63) is 40.4 Å². The summed E-state index contributed by atoms with van der Waals surface area (Å²) in [5, 5.41) is 6.55. The van der Waals surface area contributed by atoms with Crippen molar-refractivity contribution in [2.24, 2.45) is 0 Å². The Bertz CT molecular complexity index is 1460. The van der Waals surface area contributed by atoms with Gasteiger partial charge in [-0.2, -0.15) is 4.31 Å². The van der Waals surface area contributed by atoms with Crippen molar-refractivity contribution in [1.29, 1.82) is 0 Å². The van der Waals surface area contributed by atoms with E-state index in [1.807, 2.05) is 26.8 Å². The van der Waals surface area contributed by atoms with E-state index < -0.39 is 16.1 Å². The maximum absolute atomic E-state index is 13.2. The number of nitrogens with one attached hydrogen (secondary N) is 2. The van der Waals surface area contributed by atoms with E-state index in [1.54, 1.807) is 30.5 Å². The molecule has 0 bridgehead atoms. The zero-order chi connectivity index (χ0) is 28.3. The lowest BCUT2D eigenvalue weighted by atomic mass is 10.1. The fraction of sp³-hybridized carbons (Fsp3) is 0.458. The van der Waals surface area contributed by atoms with Gasteiger partial charge in [-0.05, 0) is 45.4 Å². The van der Waals surface area contributed by atoms with Crippen LogP contribution in [0.25, 0.3) is 10.4 Å². The highest BCUT2D eigenvalue weighted by Gasteiger charge is 2.32. The number of hydrogen-bond acceptors (Lipinski definition) is 11. The SMILES string of the molecule is COC(=O)Nc1nc(C)c(S(=O)(=O)N2CCN(CC(C)NC(=O)c3cc(-c4sc(C)nc4C)ccn3)CC2)s1. The minimum absolute atomic E-state index is 0.0985. The first-order valence-electron chi connectivity index (χ1n) is 12.2. The number of carbonyl (C=O) groups is 2. The first-order chi connectivity index (χ1) is 18.5. The molecule has 4 rings (SSSR count). The Hall–Kier alpha value is -2.98. The van der Waals surface area contributed by atoms with Crippen LogP contribution in [0.2, 0.25) is 0 Å². The Kier molecular flexibility index (Phi) is 8.96. The highest BCUT2D eigenvalue weighted by Crippen LogP contribution is 2.31. The summed E-state index contributed by atoms with van der Waals surface area (Å²) < 4.78 is 32.5. The van der Waals surface area contributed by atoms with Crippen LogP contribution in [-0.2, 0) is 14.8 Å². The third-order valence-electron chi connectivity index (χ3n) is 6.12. The number of pyridine rings is 1. The van der Waals surface area contributed by atoms with E-state index in [0.717, 1.165) is 32.5 Å². The summed E-state index contributed by atoms with van der Waals surface area (Å²) in [6.45, 7) is 9.62. The van der Waals surface area contributed by atoms with Crippen molar-refractivity contribution >= 4 is 49.8 Å². The number of rotatable bonds is 8. The van der Waals surface area contributed by atoms with Gasteiger partial charge in [-0.1, -0.05) is 11.3 Å².